The Bertz CT molecular complexity index is 6030. The average molecular weight is 1280 g/mol. The third kappa shape index (κ3) is 10.4. The number of hydrogen-bond acceptors (Lipinski definition) is 2. The van der Waals surface area contributed by atoms with Crippen molar-refractivity contribution in [2.24, 2.45) is 7.05 Å². The Morgan fingerprint density at radius 2 is 0.724 bits per heavy atom. The largest absolute Gasteiger partial charge is 0.340 e. The Labute approximate surface area is 595 Å². The van der Waals surface area contributed by atoms with E-state index >= 15 is 0 Å². The van der Waals surface area contributed by atoms with E-state index in [1.54, 1.807) is 0 Å². The summed E-state index contributed by atoms with van der Waals surface area (Å²) in [5.74, 6) is 0. The third-order valence-corrected chi connectivity index (χ3v) is 20.8. The fourth-order valence-corrected chi connectivity index (χ4v) is 15.3. The zero-order valence-electron chi connectivity index (χ0n) is 69.3. The van der Waals surface area contributed by atoms with Crippen molar-refractivity contribution in [3.63, 3.8) is 0 Å². The van der Waals surface area contributed by atoms with Crippen LogP contribution in [0.1, 0.15) is 145 Å². The molecule has 2 aliphatic heterocycles. The maximum absolute atomic E-state index is 9.58. The van der Waals surface area contributed by atoms with Crippen LogP contribution in [0.5, 0.6) is 0 Å². The number of rotatable bonds is 7. The van der Waals surface area contributed by atoms with E-state index in [1.165, 1.54) is 33.0 Å². The monoisotopic (exact) mass is 1280 g/mol. The fraction of sp³-hybridized carbons (Fsp3) is 0.226. The van der Waals surface area contributed by atoms with E-state index in [1.807, 2.05) is 30.3 Å². The standard InChI is InChI=1S/C93H89BN4/c1-89(2,3)66-40-44-78-74(56-66)75-57-67(90(4,5)6)41-45-79(75)97(78)80-36-26-34-72-73-35-27-37-81(88(73)95(16)87(72)80)98-83-51-62(59-30-22-18-23-31-59)39-43-77(83)94-76-42-38-61(58-28-20-17-21-29-58)50-82(76)96(71-49-64(60-32-24-19-25-33-60)48-70(55-71)93(13,14)15)84-52-65(53-85(98)86(84)94)63-46-68(91(7,8)9)54-69(47-63)92(10,11)12/h17-57H,1-16H3/i17D,18D,20D,21D,22D,23D,28D,29D,30D,31D. The minimum absolute atomic E-state index is 0.0759. The van der Waals surface area contributed by atoms with Gasteiger partial charge in [-0.1, -0.05) is 280 Å². The van der Waals surface area contributed by atoms with Crippen molar-refractivity contribution in [2.75, 3.05) is 9.80 Å². The summed E-state index contributed by atoms with van der Waals surface area (Å²) in [5.41, 5.74) is 22.5. The van der Waals surface area contributed by atoms with Gasteiger partial charge in [-0.15, -0.1) is 0 Å². The first-order chi connectivity index (χ1) is 50.8. The topological polar surface area (TPSA) is 16.3 Å². The lowest BCUT2D eigenvalue weighted by molar-refractivity contribution is 0.569. The zero-order valence-corrected chi connectivity index (χ0v) is 59.3. The molecular weight excluding hydrogens is 1180 g/mol. The molecule has 0 spiro atoms. The second-order valence-corrected chi connectivity index (χ2v) is 32.5. The summed E-state index contributed by atoms with van der Waals surface area (Å²) in [7, 11) is 2.17. The number of hydrogen-bond donors (Lipinski definition) is 0. The summed E-state index contributed by atoms with van der Waals surface area (Å²) in [6, 6.07) is 64.1. The highest BCUT2D eigenvalue weighted by Crippen LogP contribution is 2.52. The van der Waals surface area contributed by atoms with Crippen LogP contribution in [0.4, 0.5) is 34.1 Å². The van der Waals surface area contributed by atoms with Gasteiger partial charge in [0.25, 0.3) is 6.71 Å². The summed E-state index contributed by atoms with van der Waals surface area (Å²) in [6.45, 7) is 33.3. The van der Waals surface area contributed by atoms with Crippen molar-refractivity contribution in [2.45, 2.75) is 131 Å². The predicted molar refractivity (Wildman–Crippen MR) is 424 cm³/mol. The van der Waals surface area contributed by atoms with E-state index in [0.717, 1.165) is 117 Å². The quantitative estimate of drug-likeness (QED) is 0.148. The Kier molecular flexibility index (Phi) is 11.9. The summed E-state index contributed by atoms with van der Waals surface area (Å²) in [5, 5.41) is 4.43. The number of nitrogens with zero attached hydrogens (tertiary/aromatic N) is 4. The molecule has 16 rings (SSSR count). The number of aryl methyl sites for hydroxylation is 1. The first-order valence-corrected chi connectivity index (χ1v) is 34.5. The van der Waals surface area contributed by atoms with Crippen molar-refractivity contribution in [1.29, 1.82) is 0 Å². The highest BCUT2D eigenvalue weighted by atomic mass is 15.2. The van der Waals surface area contributed by atoms with Crippen LogP contribution in [-0.2, 0) is 34.1 Å². The van der Waals surface area contributed by atoms with E-state index in [-0.39, 0.29) is 62.4 Å². The molecule has 12 aromatic carbocycles. The highest BCUT2D eigenvalue weighted by Gasteiger charge is 2.45. The average Bonchev–Trinajstić information content (AvgIpc) is 1.03. The molecule has 0 atom stereocenters. The third-order valence-electron chi connectivity index (χ3n) is 20.8. The lowest BCUT2D eigenvalue weighted by Crippen LogP contribution is -2.61. The van der Waals surface area contributed by atoms with Crippen LogP contribution < -0.4 is 26.2 Å². The van der Waals surface area contributed by atoms with Crippen LogP contribution in [0.2, 0.25) is 0 Å². The molecule has 0 amide bonds. The molecule has 484 valence electrons. The molecular formula is C93H89BN4. The van der Waals surface area contributed by atoms with Crippen molar-refractivity contribution >= 4 is 101 Å². The number of aromatic nitrogens is 2. The first-order valence-electron chi connectivity index (χ1n) is 39.5. The van der Waals surface area contributed by atoms with Crippen LogP contribution in [0.25, 0.3) is 93.8 Å². The number of anilines is 6. The number of fused-ring (bicyclic) bond motifs is 10. The van der Waals surface area contributed by atoms with E-state index in [2.05, 4.69) is 288 Å². The van der Waals surface area contributed by atoms with Gasteiger partial charge in [0.2, 0.25) is 0 Å². The number of para-hydroxylation sites is 2. The van der Waals surface area contributed by atoms with Gasteiger partial charge in [-0.25, -0.2) is 0 Å². The summed E-state index contributed by atoms with van der Waals surface area (Å²) in [4.78, 5) is 4.72. The summed E-state index contributed by atoms with van der Waals surface area (Å²) < 4.78 is 96.7. The van der Waals surface area contributed by atoms with Crippen molar-refractivity contribution in [3.05, 3.63) is 276 Å². The Hall–Kier alpha value is -10.1. The molecule has 0 unspecified atom stereocenters. The van der Waals surface area contributed by atoms with Gasteiger partial charge >= 0.3 is 0 Å². The second kappa shape index (κ2) is 22.5. The molecule has 0 aliphatic carbocycles. The van der Waals surface area contributed by atoms with E-state index in [4.69, 9.17) is 8.22 Å². The molecule has 0 bridgehead atoms. The van der Waals surface area contributed by atoms with Crippen LogP contribution in [0.15, 0.2) is 248 Å². The molecule has 4 heterocycles. The molecule has 0 saturated carbocycles. The summed E-state index contributed by atoms with van der Waals surface area (Å²) in [6.07, 6.45) is 0. The maximum atomic E-state index is 9.58. The fourth-order valence-electron chi connectivity index (χ4n) is 15.3. The Balaban J connectivity index is 1.07. The minimum Gasteiger partial charge on any atom is -0.340 e. The van der Waals surface area contributed by atoms with E-state index < -0.39 is 43.0 Å². The SMILES string of the molecule is [2H]c1c([2H])c([2H])c(-c2ccc3c(c2)N(c2cc(-c4ccccc4)cc(C(C)(C)C)c2)c2cc(-c4cc(C(C)(C)C)cc(C(C)(C)C)c4)cc4c2B3c2ccc(-c3c([2H])c([2H])c([2H])c([2H])c3[2H])cc2N4c2cccc3c4cccc(-n5c6ccc(C(C)(C)C)cc6c6cc(C(C)(C)C)ccc65)c4n(C)c23)c([2H])c1[2H]. The first kappa shape index (κ1) is 52.1. The van der Waals surface area contributed by atoms with Gasteiger partial charge in [0.15, 0.2) is 0 Å². The van der Waals surface area contributed by atoms with Gasteiger partial charge < -0.3 is 18.9 Å². The van der Waals surface area contributed by atoms with Crippen molar-refractivity contribution < 1.29 is 13.7 Å². The Morgan fingerprint density at radius 3 is 1.22 bits per heavy atom. The smallest absolute Gasteiger partial charge is 0.252 e. The minimum atomic E-state index is -0.568. The molecule has 14 aromatic rings. The molecule has 2 aliphatic rings. The van der Waals surface area contributed by atoms with Gasteiger partial charge in [0.05, 0.1) is 47.1 Å². The Morgan fingerprint density at radius 1 is 0.296 bits per heavy atom. The zero-order chi connectivity index (χ0) is 77.0. The predicted octanol–water partition coefficient (Wildman–Crippen LogP) is 23.7. The molecule has 0 fully saturated rings. The lowest BCUT2D eigenvalue weighted by atomic mass is 9.33. The lowest BCUT2D eigenvalue weighted by Gasteiger charge is -2.45. The molecule has 0 radical (unpaired) electrons. The molecule has 5 heteroatoms. The van der Waals surface area contributed by atoms with Gasteiger partial charge in [0.1, 0.15) is 0 Å². The van der Waals surface area contributed by atoms with E-state index in [9.17, 15) is 5.48 Å². The van der Waals surface area contributed by atoms with Gasteiger partial charge in [0, 0.05) is 57.0 Å². The van der Waals surface area contributed by atoms with Gasteiger partial charge in [-0.05, 0) is 189 Å². The van der Waals surface area contributed by atoms with Crippen LogP contribution in [-0.4, -0.2) is 15.8 Å². The van der Waals surface area contributed by atoms with Crippen molar-refractivity contribution in [1.82, 2.24) is 9.13 Å². The second-order valence-electron chi connectivity index (χ2n) is 32.5. The molecule has 0 N–H and O–H groups in total. The molecule has 98 heavy (non-hydrogen) atoms. The van der Waals surface area contributed by atoms with Crippen LogP contribution in [0, 0.1) is 0 Å². The normalized spacial score (nSPS) is 14.9. The molecule has 0 saturated heterocycles. The van der Waals surface area contributed by atoms with Crippen molar-refractivity contribution in [3.8, 4) is 50.2 Å². The van der Waals surface area contributed by atoms with Gasteiger partial charge in [-0.3, -0.25) is 0 Å². The van der Waals surface area contributed by atoms with Crippen LogP contribution in [0.3, 0.4) is 0 Å². The molecule has 2 aromatic heterocycles. The summed E-state index contributed by atoms with van der Waals surface area (Å²) >= 11 is 0. The molecule has 4 nitrogen and oxygen atoms in total. The van der Waals surface area contributed by atoms with E-state index in [0.29, 0.717) is 11.1 Å². The highest BCUT2D eigenvalue weighted by molar-refractivity contribution is 7.00. The van der Waals surface area contributed by atoms with Gasteiger partial charge in [-0.2, -0.15) is 0 Å². The maximum Gasteiger partial charge on any atom is 0.252 e. The number of benzene rings is 12. The van der Waals surface area contributed by atoms with Crippen LogP contribution >= 0.6 is 0 Å².